The van der Waals surface area contributed by atoms with Gasteiger partial charge in [0.1, 0.15) is 5.82 Å². The average molecular weight is 234 g/mol. The number of aromatic nitrogens is 1. The van der Waals surface area contributed by atoms with Gasteiger partial charge >= 0.3 is 0 Å². The minimum Gasteiger partial charge on any atom is -0.345 e. The molecule has 17 heavy (non-hydrogen) atoms. The van der Waals surface area contributed by atoms with Crippen molar-refractivity contribution in [3.8, 4) is 0 Å². The molecular weight excluding hydrogens is 215 g/mol. The molecule has 0 atom stereocenters. The molecule has 0 aliphatic rings. The Balaban J connectivity index is 2.35. The van der Waals surface area contributed by atoms with E-state index in [1.165, 1.54) is 11.8 Å². The van der Waals surface area contributed by atoms with E-state index in [0.29, 0.717) is 0 Å². The van der Waals surface area contributed by atoms with Crippen molar-refractivity contribution in [1.29, 1.82) is 0 Å². The lowest BCUT2D eigenvalue weighted by atomic mass is 10.2. The largest absolute Gasteiger partial charge is 0.345 e. The van der Waals surface area contributed by atoms with Crippen molar-refractivity contribution in [2.75, 3.05) is 13.6 Å². The smallest absolute Gasteiger partial charge is 0.125 e. The first-order valence-electron chi connectivity index (χ1n) is 6.18. The highest BCUT2D eigenvalue weighted by atomic mass is 19.1. The molecule has 0 aliphatic heterocycles. The molecule has 0 amide bonds. The number of fused-ring (bicyclic) bond motifs is 1. The van der Waals surface area contributed by atoms with Crippen LogP contribution in [-0.4, -0.2) is 18.2 Å². The first kappa shape index (κ1) is 12.1. The summed E-state index contributed by atoms with van der Waals surface area (Å²) in [6, 6.07) is 7.19. The van der Waals surface area contributed by atoms with Gasteiger partial charge in [0.05, 0.1) is 5.52 Å². The Morgan fingerprint density at radius 3 is 2.82 bits per heavy atom. The topological polar surface area (TPSA) is 17.0 Å². The zero-order valence-corrected chi connectivity index (χ0v) is 10.5. The molecular formula is C14H19FN2. The third-order valence-corrected chi connectivity index (χ3v) is 3.13. The van der Waals surface area contributed by atoms with Gasteiger partial charge in [-0.2, -0.15) is 0 Å². The minimum atomic E-state index is -0.160. The van der Waals surface area contributed by atoms with Gasteiger partial charge in [0, 0.05) is 17.6 Å². The number of benzene rings is 1. The first-order chi connectivity index (χ1) is 8.26. The normalized spacial score (nSPS) is 11.2. The van der Waals surface area contributed by atoms with Crippen LogP contribution in [0.4, 0.5) is 4.39 Å². The zero-order chi connectivity index (χ0) is 12.3. The van der Waals surface area contributed by atoms with E-state index in [0.717, 1.165) is 36.8 Å². The van der Waals surface area contributed by atoms with Crippen LogP contribution in [0.2, 0.25) is 0 Å². The summed E-state index contributed by atoms with van der Waals surface area (Å²) >= 11 is 0. The molecule has 0 radical (unpaired) electrons. The Morgan fingerprint density at radius 2 is 2.12 bits per heavy atom. The Morgan fingerprint density at radius 1 is 1.29 bits per heavy atom. The average Bonchev–Trinajstić information content (AvgIpc) is 2.66. The van der Waals surface area contributed by atoms with Gasteiger partial charge in [-0.15, -0.1) is 0 Å². The van der Waals surface area contributed by atoms with Gasteiger partial charge in [-0.25, -0.2) is 4.39 Å². The van der Waals surface area contributed by atoms with Gasteiger partial charge in [-0.05, 0) is 57.6 Å². The van der Waals surface area contributed by atoms with Crippen LogP contribution >= 0.6 is 0 Å². The van der Waals surface area contributed by atoms with Crippen LogP contribution in [0, 0.1) is 5.82 Å². The van der Waals surface area contributed by atoms with Crippen molar-refractivity contribution in [2.45, 2.75) is 26.3 Å². The summed E-state index contributed by atoms with van der Waals surface area (Å²) in [5, 5.41) is 4.28. The lowest BCUT2D eigenvalue weighted by molar-refractivity contribution is 0.627. The van der Waals surface area contributed by atoms with E-state index in [4.69, 9.17) is 0 Å². The number of hydrogen-bond acceptors (Lipinski definition) is 1. The van der Waals surface area contributed by atoms with Crippen molar-refractivity contribution >= 4 is 10.9 Å². The van der Waals surface area contributed by atoms with Gasteiger partial charge in [0.15, 0.2) is 0 Å². The highest BCUT2D eigenvalue weighted by molar-refractivity contribution is 5.81. The maximum Gasteiger partial charge on any atom is 0.125 e. The Kier molecular flexibility index (Phi) is 3.79. The van der Waals surface area contributed by atoms with Crippen molar-refractivity contribution in [2.24, 2.45) is 0 Å². The number of nitrogens with zero attached hydrogens (tertiary/aromatic N) is 1. The second-order valence-corrected chi connectivity index (χ2v) is 4.29. The zero-order valence-electron chi connectivity index (χ0n) is 10.5. The van der Waals surface area contributed by atoms with E-state index in [1.807, 2.05) is 13.1 Å². The molecule has 2 aromatic rings. The fourth-order valence-corrected chi connectivity index (χ4v) is 2.31. The number of nitrogens with one attached hydrogen (secondary N) is 1. The van der Waals surface area contributed by atoms with Crippen LogP contribution in [0.5, 0.6) is 0 Å². The molecule has 3 heteroatoms. The number of aryl methyl sites for hydroxylation is 2. The molecule has 0 fully saturated rings. The van der Waals surface area contributed by atoms with E-state index < -0.39 is 0 Å². The molecule has 1 heterocycles. The summed E-state index contributed by atoms with van der Waals surface area (Å²) in [6.45, 7) is 4.01. The summed E-state index contributed by atoms with van der Waals surface area (Å²) in [6.07, 6.45) is 2.14. The van der Waals surface area contributed by atoms with Gasteiger partial charge in [-0.3, -0.25) is 0 Å². The minimum absolute atomic E-state index is 0.160. The maximum atomic E-state index is 13.2. The van der Waals surface area contributed by atoms with Crippen molar-refractivity contribution in [3.63, 3.8) is 0 Å². The van der Waals surface area contributed by atoms with E-state index >= 15 is 0 Å². The predicted molar refractivity (Wildman–Crippen MR) is 69.8 cm³/mol. The van der Waals surface area contributed by atoms with Crippen molar-refractivity contribution in [3.05, 3.63) is 35.8 Å². The predicted octanol–water partition coefficient (Wildman–Crippen LogP) is 2.95. The Bertz CT molecular complexity index is 502. The molecule has 0 saturated heterocycles. The van der Waals surface area contributed by atoms with Gasteiger partial charge in [0.2, 0.25) is 0 Å². The fourth-order valence-electron chi connectivity index (χ4n) is 2.31. The SMILES string of the molecule is CCn1c(CCCNC)cc2ccc(F)cc21. The third kappa shape index (κ3) is 2.50. The van der Waals surface area contributed by atoms with Crippen LogP contribution in [0.3, 0.4) is 0 Å². The molecule has 2 nitrogen and oxygen atoms in total. The number of halogens is 1. The van der Waals surface area contributed by atoms with E-state index in [2.05, 4.69) is 22.9 Å². The molecule has 0 saturated carbocycles. The van der Waals surface area contributed by atoms with Crippen LogP contribution < -0.4 is 5.32 Å². The molecule has 2 rings (SSSR count). The number of hydrogen-bond donors (Lipinski definition) is 1. The summed E-state index contributed by atoms with van der Waals surface area (Å²) in [5.41, 5.74) is 2.30. The Hall–Kier alpha value is -1.35. The van der Waals surface area contributed by atoms with Gasteiger partial charge in [0.25, 0.3) is 0 Å². The monoisotopic (exact) mass is 234 g/mol. The van der Waals surface area contributed by atoms with E-state index in [9.17, 15) is 4.39 Å². The van der Waals surface area contributed by atoms with Crippen molar-refractivity contribution < 1.29 is 4.39 Å². The van der Waals surface area contributed by atoms with Crippen LogP contribution in [-0.2, 0) is 13.0 Å². The second kappa shape index (κ2) is 5.32. The fraction of sp³-hybridized carbons (Fsp3) is 0.429. The Labute approximate surface area is 101 Å². The highest BCUT2D eigenvalue weighted by Crippen LogP contribution is 2.21. The van der Waals surface area contributed by atoms with E-state index in [1.54, 1.807) is 6.07 Å². The molecule has 0 spiro atoms. The van der Waals surface area contributed by atoms with Crippen LogP contribution in [0.25, 0.3) is 10.9 Å². The quantitative estimate of drug-likeness (QED) is 0.787. The van der Waals surface area contributed by atoms with Crippen LogP contribution in [0.15, 0.2) is 24.3 Å². The molecule has 92 valence electrons. The standard InChI is InChI=1S/C14H19FN2/c1-3-17-13(5-4-8-16-2)9-11-6-7-12(15)10-14(11)17/h6-7,9-10,16H,3-5,8H2,1-2H3. The molecule has 1 N–H and O–H groups in total. The number of rotatable bonds is 5. The van der Waals surface area contributed by atoms with Crippen molar-refractivity contribution in [1.82, 2.24) is 9.88 Å². The lowest BCUT2D eigenvalue weighted by Crippen LogP contribution is -2.10. The van der Waals surface area contributed by atoms with E-state index in [-0.39, 0.29) is 5.82 Å². The molecule has 0 aliphatic carbocycles. The van der Waals surface area contributed by atoms with Gasteiger partial charge in [-0.1, -0.05) is 0 Å². The maximum absolute atomic E-state index is 13.2. The molecule has 1 aromatic heterocycles. The van der Waals surface area contributed by atoms with Gasteiger partial charge < -0.3 is 9.88 Å². The summed E-state index contributed by atoms with van der Waals surface area (Å²) < 4.78 is 15.4. The molecule has 1 aromatic carbocycles. The highest BCUT2D eigenvalue weighted by Gasteiger charge is 2.07. The lowest BCUT2D eigenvalue weighted by Gasteiger charge is -2.07. The summed E-state index contributed by atoms with van der Waals surface area (Å²) in [7, 11) is 1.96. The third-order valence-electron chi connectivity index (χ3n) is 3.13. The summed E-state index contributed by atoms with van der Waals surface area (Å²) in [5.74, 6) is -0.160. The molecule has 0 bridgehead atoms. The first-order valence-corrected chi connectivity index (χ1v) is 6.18. The van der Waals surface area contributed by atoms with Crippen LogP contribution in [0.1, 0.15) is 19.0 Å². The molecule has 0 unspecified atom stereocenters. The summed E-state index contributed by atoms with van der Waals surface area (Å²) in [4.78, 5) is 0. The second-order valence-electron chi connectivity index (χ2n) is 4.29.